The zero-order chi connectivity index (χ0) is 5.86. The summed E-state index contributed by atoms with van der Waals surface area (Å²) in [4.78, 5) is 0. The molecule has 0 aromatic rings. The molecule has 0 aromatic heterocycles. The van der Waals surface area contributed by atoms with Crippen molar-refractivity contribution in [1.82, 2.24) is 0 Å². The average Bonchev–Trinajstić information content (AvgIpc) is 1.65. The number of rotatable bonds is 1. The Labute approximate surface area is 50.8 Å². The van der Waals surface area contributed by atoms with Crippen molar-refractivity contribution in [3.8, 4) is 0 Å². The van der Waals surface area contributed by atoms with Crippen molar-refractivity contribution in [3.05, 3.63) is 0 Å². The summed E-state index contributed by atoms with van der Waals surface area (Å²) in [5, 5.41) is 0. The summed E-state index contributed by atoms with van der Waals surface area (Å²) in [6.45, 7) is 2.26. The van der Waals surface area contributed by atoms with Gasteiger partial charge >= 0.3 is 0 Å². The van der Waals surface area contributed by atoms with Gasteiger partial charge in [-0.15, -0.1) is 0 Å². The zero-order valence-corrected chi connectivity index (χ0v) is 7.16. The summed E-state index contributed by atoms with van der Waals surface area (Å²) < 4.78 is 0. The van der Waals surface area contributed by atoms with E-state index in [1.807, 2.05) is 0 Å². The highest BCUT2D eigenvalue weighted by atomic mass is 32.9. The molecule has 0 saturated heterocycles. The molecule has 1 atom stereocenters. The molecule has 0 bridgehead atoms. The van der Waals surface area contributed by atoms with Crippen LogP contribution in [-0.4, -0.2) is 24.5 Å². The van der Waals surface area contributed by atoms with Gasteiger partial charge < -0.3 is 0 Å². The van der Waals surface area contributed by atoms with Crippen molar-refractivity contribution in [2.75, 3.05) is 24.5 Å². The van der Waals surface area contributed by atoms with Crippen molar-refractivity contribution in [2.24, 2.45) is 0 Å². The van der Waals surface area contributed by atoms with E-state index in [1.165, 1.54) is 5.75 Å². The lowest BCUT2D eigenvalue weighted by molar-refractivity contribution is 1.53. The molecule has 46 valence electrons. The maximum Gasteiger partial charge on any atom is -0.00989 e. The van der Waals surface area contributed by atoms with E-state index >= 15 is 0 Å². The molecule has 0 aliphatic rings. The summed E-state index contributed by atoms with van der Waals surface area (Å²) in [5.41, 5.74) is 0. The van der Waals surface area contributed by atoms with Crippen molar-refractivity contribution < 1.29 is 0 Å². The molecule has 2 heteroatoms. The van der Waals surface area contributed by atoms with E-state index in [1.54, 1.807) is 0 Å². The van der Waals surface area contributed by atoms with E-state index in [0.717, 1.165) is 0 Å². The van der Waals surface area contributed by atoms with Gasteiger partial charge in [0.05, 0.1) is 0 Å². The van der Waals surface area contributed by atoms with E-state index in [2.05, 4.69) is 25.7 Å². The molecule has 0 N–H and O–H groups in total. The SMILES string of the molecule is CCS(C)=S(C)C. The fourth-order valence-corrected chi connectivity index (χ4v) is 2.12. The Morgan fingerprint density at radius 3 is 1.57 bits per heavy atom. The normalized spacial score (nSPS) is 15.0. The summed E-state index contributed by atoms with van der Waals surface area (Å²) in [7, 11) is 1.37. The maximum absolute atomic E-state index is 2.34. The highest BCUT2D eigenvalue weighted by molar-refractivity contribution is 8.43. The van der Waals surface area contributed by atoms with Crippen LogP contribution in [0.25, 0.3) is 0 Å². The molecule has 0 rings (SSSR count). The van der Waals surface area contributed by atoms with Crippen LogP contribution < -0.4 is 0 Å². The lowest BCUT2D eigenvalue weighted by atomic mass is 11.0. The lowest BCUT2D eigenvalue weighted by Crippen LogP contribution is -1.96. The third-order valence-corrected chi connectivity index (χ3v) is 7.05. The third-order valence-electron chi connectivity index (χ3n) is 0.976. The Bertz CT molecular complexity index is 80.1. The van der Waals surface area contributed by atoms with Crippen LogP contribution >= 0.6 is 0 Å². The summed E-state index contributed by atoms with van der Waals surface area (Å²) >= 11 is 0. The Balaban J connectivity index is 3.72. The number of hydrogen-bond acceptors (Lipinski definition) is 0. The first-order chi connectivity index (χ1) is 3.18. The molecule has 0 saturated carbocycles. The lowest BCUT2D eigenvalue weighted by Gasteiger charge is -1.98. The maximum atomic E-state index is 2.34. The summed E-state index contributed by atoms with van der Waals surface area (Å²) in [5.74, 6) is 1.36. The highest BCUT2D eigenvalue weighted by Gasteiger charge is 1.79. The minimum absolute atomic E-state index is 0.667. The van der Waals surface area contributed by atoms with Crippen LogP contribution in [0.15, 0.2) is 0 Å². The molecule has 0 nitrogen and oxygen atoms in total. The van der Waals surface area contributed by atoms with Crippen molar-refractivity contribution in [2.45, 2.75) is 6.92 Å². The standard InChI is InChI=1S/C5H14S2/c1-5-7(4)6(2)3/h5H2,1-4H3. The zero-order valence-electron chi connectivity index (χ0n) is 5.52. The molecule has 0 aromatic carbocycles. The van der Waals surface area contributed by atoms with E-state index in [-0.39, 0.29) is 0 Å². The second-order valence-electron chi connectivity index (χ2n) is 1.60. The van der Waals surface area contributed by atoms with Crippen molar-refractivity contribution in [1.29, 1.82) is 0 Å². The van der Waals surface area contributed by atoms with Gasteiger partial charge in [0.25, 0.3) is 0 Å². The largest absolute Gasteiger partial charge is 0.169 e. The van der Waals surface area contributed by atoms with Crippen LogP contribution in [-0.2, 0) is 18.9 Å². The molecule has 0 aliphatic carbocycles. The molecule has 0 radical (unpaired) electrons. The van der Waals surface area contributed by atoms with Crippen molar-refractivity contribution >= 4 is 18.9 Å². The van der Waals surface area contributed by atoms with Crippen LogP contribution in [0.5, 0.6) is 0 Å². The smallest absolute Gasteiger partial charge is 0.00989 e. The Morgan fingerprint density at radius 1 is 1.14 bits per heavy atom. The fraction of sp³-hybridized carbons (Fsp3) is 1.00. The topological polar surface area (TPSA) is 0 Å². The van der Waals surface area contributed by atoms with Crippen LogP contribution in [0.2, 0.25) is 0 Å². The van der Waals surface area contributed by atoms with E-state index < -0.39 is 0 Å². The minimum Gasteiger partial charge on any atom is -0.169 e. The first-order valence-electron chi connectivity index (χ1n) is 2.39. The van der Waals surface area contributed by atoms with E-state index in [4.69, 9.17) is 0 Å². The molecule has 0 amide bonds. The fourth-order valence-electron chi connectivity index (χ4n) is 0.236. The second-order valence-corrected chi connectivity index (χ2v) is 8.52. The third kappa shape index (κ3) is 3.30. The van der Waals surface area contributed by atoms with Gasteiger partial charge in [0.1, 0.15) is 0 Å². The van der Waals surface area contributed by atoms with Gasteiger partial charge in [-0.25, -0.2) is 0 Å². The molecular formula is C5H14S2. The van der Waals surface area contributed by atoms with Gasteiger partial charge in [0, 0.05) is 0 Å². The van der Waals surface area contributed by atoms with Crippen LogP contribution in [0.3, 0.4) is 0 Å². The average molecular weight is 138 g/mol. The van der Waals surface area contributed by atoms with Gasteiger partial charge in [-0.1, -0.05) is 6.92 Å². The molecular weight excluding hydrogens is 124 g/mol. The first kappa shape index (κ1) is 7.70. The predicted molar refractivity (Wildman–Crippen MR) is 43.0 cm³/mol. The van der Waals surface area contributed by atoms with E-state index in [9.17, 15) is 0 Å². The molecule has 0 aliphatic heterocycles. The Kier molecular flexibility index (Phi) is 4.04. The van der Waals surface area contributed by atoms with Gasteiger partial charge in [-0.2, -0.15) is 18.9 Å². The van der Waals surface area contributed by atoms with Crippen LogP contribution in [0, 0.1) is 0 Å². The van der Waals surface area contributed by atoms with E-state index in [0.29, 0.717) is 18.9 Å². The second kappa shape index (κ2) is 3.67. The Morgan fingerprint density at radius 2 is 1.57 bits per heavy atom. The summed E-state index contributed by atoms with van der Waals surface area (Å²) in [6, 6.07) is 0. The first-order valence-corrected chi connectivity index (χ1v) is 6.75. The Hall–Kier alpha value is 0.700. The van der Waals surface area contributed by atoms with Gasteiger partial charge in [-0.3, -0.25) is 0 Å². The van der Waals surface area contributed by atoms with Crippen LogP contribution in [0.4, 0.5) is 0 Å². The van der Waals surface area contributed by atoms with Gasteiger partial charge in [0.2, 0.25) is 0 Å². The molecule has 7 heavy (non-hydrogen) atoms. The molecule has 1 unspecified atom stereocenters. The molecule has 0 heterocycles. The monoisotopic (exact) mass is 138 g/mol. The summed E-state index contributed by atoms with van der Waals surface area (Å²) in [6.07, 6.45) is 6.96. The van der Waals surface area contributed by atoms with Crippen LogP contribution in [0.1, 0.15) is 6.92 Å². The molecule has 0 fully saturated rings. The predicted octanol–water partition coefficient (Wildman–Crippen LogP) is 1.05. The van der Waals surface area contributed by atoms with Gasteiger partial charge in [0.15, 0.2) is 0 Å². The van der Waals surface area contributed by atoms with Gasteiger partial charge in [-0.05, 0) is 24.5 Å². The minimum atomic E-state index is 0.667. The highest BCUT2D eigenvalue weighted by Crippen LogP contribution is 1.81. The number of hydrogen-bond donors (Lipinski definition) is 0. The van der Waals surface area contributed by atoms with Crippen molar-refractivity contribution in [3.63, 3.8) is 0 Å². The molecule has 0 spiro atoms. The quantitative estimate of drug-likeness (QED) is 0.508.